The summed E-state index contributed by atoms with van der Waals surface area (Å²) in [5.41, 5.74) is 2.20. The van der Waals surface area contributed by atoms with Gasteiger partial charge in [0.2, 0.25) is 10.6 Å². The van der Waals surface area contributed by atoms with Gasteiger partial charge in [0.05, 0.1) is 23.4 Å². The molecule has 0 radical (unpaired) electrons. The number of carbonyl (C=O) groups excluding carboxylic acids is 1. The lowest BCUT2D eigenvalue weighted by Crippen LogP contribution is -2.51. The molecular formula is C29H28N8O4S. The van der Waals surface area contributed by atoms with Crippen molar-refractivity contribution in [3.63, 3.8) is 0 Å². The van der Waals surface area contributed by atoms with E-state index in [9.17, 15) is 19.5 Å². The Kier molecular flexibility index (Phi) is 6.89. The minimum absolute atomic E-state index is 0.121. The van der Waals surface area contributed by atoms with E-state index < -0.39 is 11.4 Å². The molecule has 1 saturated heterocycles. The van der Waals surface area contributed by atoms with Gasteiger partial charge < -0.3 is 10.0 Å². The van der Waals surface area contributed by atoms with Crippen molar-refractivity contribution in [2.45, 2.75) is 40.2 Å². The average Bonchev–Trinajstić information content (AvgIpc) is 3.55. The molecule has 5 aromatic heterocycles. The molecule has 42 heavy (non-hydrogen) atoms. The van der Waals surface area contributed by atoms with Crippen LogP contribution in [0.4, 0.5) is 5.82 Å². The average molecular weight is 585 g/mol. The second-order valence-corrected chi connectivity index (χ2v) is 11.4. The monoisotopic (exact) mass is 584 g/mol. The van der Waals surface area contributed by atoms with E-state index in [1.165, 1.54) is 10.8 Å². The molecule has 0 bridgehead atoms. The number of carboxylic acid groups (broad SMARTS) is 1. The number of ketones is 1. The van der Waals surface area contributed by atoms with Crippen LogP contribution in [0, 0.1) is 19.8 Å². The number of hydrogen-bond acceptors (Lipinski definition) is 10. The van der Waals surface area contributed by atoms with Crippen molar-refractivity contribution in [3.05, 3.63) is 75.5 Å². The molecular weight excluding hydrogens is 556 g/mol. The summed E-state index contributed by atoms with van der Waals surface area (Å²) in [6.07, 6.45) is 3.15. The van der Waals surface area contributed by atoms with Gasteiger partial charge in [0.15, 0.2) is 11.5 Å². The van der Waals surface area contributed by atoms with Gasteiger partial charge >= 0.3 is 5.97 Å². The van der Waals surface area contributed by atoms with Gasteiger partial charge in [0.25, 0.3) is 0 Å². The summed E-state index contributed by atoms with van der Waals surface area (Å²) in [5.74, 6) is -0.408. The standard InChI is InChI=1S/C29H28N8O4S/c1-15(2)37-17(4)10-19(33-37)11-22(38)18-12-35(13-18)23-9-16(3)24-25(39)20(28(40)41)14-36(27(24)31-23)29-32-26(34-42-29)21-7-5-6-8-30-21/h5-10,14-15,18H,11-13H2,1-4H3,(H,40,41). The van der Waals surface area contributed by atoms with Crippen molar-refractivity contribution in [2.24, 2.45) is 5.92 Å². The van der Waals surface area contributed by atoms with Gasteiger partial charge in [0.1, 0.15) is 22.9 Å². The van der Waals surface area contributed by atoms with Crippen LogP contribution in [0.15, 0.2) is 47.5 Å². The van der Waals surface area contributed by atoms with Crippen LogP contribution in [0.5, 0.6) is 0 Å². The maximum Gasteiger partial charge on any atom is 0.341 e. The molecule has 1 N–H and O–H groups in total. The molecule has 0 saturated carbocycles. The van der Waals surface area contributed by atoms with Gasteiger partial charge in [-0.25, -0.2) is 9.78 Å². The van der Waals surface area contributed by atoms with E-state index in [1.54, 1.807) is 31.3 Å². The largest absolute Gasteiger partial charge is 0.477 e. The summed E-state index contributed by atoms with van der Waals surface area (Å²) in [5, 5.41) is 14.9. The molecule has 5 aromatic rings. The highest BCUT2D eigenvalue weighted by molar-refractivity contribution is 7.08. The number of rotatable bonds is 8. The number of Topliss-reactive ketones (excluding diaryl/α,β-unsaturated/α-hetero) is 1. The van der Waals surface area contributed by atoms with Crippen LogP contribution in [-0.4, -0.2) is 63.6 Å². The third-order valence-corrected chi connectivity index (χ3v) is 8.08. The molecule has 0 unspecified atom stereocenters. The zero-order valence-electron chi connectivity index (χ0n) is 23.5. The highest BCUT2D eigenvalue weighted by atomic mass is 32.1. The van der Waals surface area contributed by atoms with E-state index in [4.69, 9.17) is 4.98 Å². The summed E-state index contributed by atoms with van der Waals surface area (Å²) < 4.78 is 7.81. The third-order valence-electron chi connectivity index (χ3n) is 7.37. The molecule has 0 spiro atoms. The molecule has 1 fully saturated rings. The van der Waals surface area contributed by atoms with Crippen molar-refractivity contribution in [1.82, 2.24) is 33.7 Å². The minimum atomic E-state index is -1.34. The Hall–Kier alpha value is -4.78. The van der Waals surface area contributed by atoms with E-state index in [-0.39, 0.29) is 40.8 Å². The second kappa shape index (κ2) is 10.6. The zero-order chi connectivity index (χ0) is 29.7. The summed E-state index contributed by atoms with van der Waals surface area (Å²) >= 11 is 1.05. The van der Waals surface area contributed by atoms with Crippen LogP contribution in [0.25, 0.3) is 27.7 Å². The molecule has 1 aliphatic heterocycles. The van der Waals surface area contributed by atoms with Gasteiger partial charge in [-0.3, -0.25) is 23.8 Å². The number of aromatic nitrogens is 7. The number of carbonyl (C=O) groups is 2. The number of hydrogen-bond donors (Lipinski definition) is 1. The number of carboxylic acids is 1. The quantitative estimate of drug-likeness (QED) is 0.286. The first kappa shape index (κ1) is 27.4. The lowest BCUT2D eigenvalue weighted by molar-refractivity contribution is -0.123. The van der Waals surface area contributed by atoms with Crippen molar-refractivity contribution >= 4 is 40.1 Å². The van der Waals surface area contributed by atoms with Gasteiger partial charge in [-0.05, 0) is 57.5 Å². The molecule has 214 valence electrons. The molecule has 12 nitrogen and oxygen atoms in total. The summed E-state index contributed by atoms with van der Waals surface area (Å²) in [7, 11) is 0. The molecule has 1 aliphatic rings. The fourth-order valence-electron chi connectivity index (χ4n) is 5.20. The normalized spacial score (nSPS) is 13.6. The number of pyridine rings is 3. The van der Waals surface area contributed by atoms with Gasteiger partial charge in [0, 0.05) is 48.8 Å². The van der Waals surface area contributed by atoms with Crippen molar-refractivity contribution in [3.8, 4) is 16.6 Å². The fraction of sp³-hybridized carbons (Fsp3) is 0.310. The summed E-state index contributed by atoms with van der Waals surface area (Å²) in [4.78, 5) is 53.8. The predicted molar refractivity (Wildman–Crippen MR) is 157 cm³/mol. The molecule has 0 aromatic carbocycles. The fourth-order valence-corrected chi connectivity index (χ4v) is 5.86. The summed E-state index contributed by atoms with van der Waals surface area (Å²) in [6.45, 7) is 8.82. The highest BCUT2D eigenvalue weighted by Gasteiger charge is 2.34. The number of anilines is 1. The highest BCUT2D eigenvalue weighted by Crippen LogP contribution is 2.30. The Bertz CT molecular complexity index is 1900. The Labute approximate surface area is 244 Å². The number of nitrogens with zero attached hydrogens (tertiary/aromatic N) is 8. The lowest BCUT2D eigenvalue weighted by Gasteiger charge is -2.39. The first-order valence-electron chi connectivity index (χ1n) is 13.5. The van der Waals surface area contributed by atoms with Crippen molar-refractivity contribution < 1.29 is 14.7 Å². The lowest BCUT2D eigenvalue weighted by atomic mass is 9.92. The smallest absolute Gasteiger partial charge is 0.341 e. The molecule has 6 heterocycles. The van der Waals surface area contributed by atoms with Gasteiger partial charge in [-0.15, -0.1) is 0 Å². The topological polar surface area (TPSA) is 149 Å². The van der Waals surface area contributed by atoms with Crippen LogP contribution >= 0.6 is 11.5 Å². The van der Waals surface area contributed by atoms with E-state index >= 15 is 0 Å². The molecule has 0 atom stereocenters. The van der Waals surface area contributed by atoms with Crippen LogP contribution in [0.2, 0.25) is 0 Å². The van der Waals surface area contributed by atoms with E-state index in [0.717, 1.165) is 22.9 Å². The van der Waals surface area contributed by atoms with Gasteiger partial charge in [-0.1, -0.05) is 6.07 Å². The maximum absolute atomic E-state index is 13.2. The first-order chi connectivity index (χ1) is 20.1. The van der Waals surface area contributed by atoms with E-state index in [2.05, 4.69) is 33.3 Å². The Morgan fingerprint density at radius 3 is 2.60 bits per heavy atom. The third kappa shape index (κ3) is 4.85. The second-order valence-electron chi connectivity index (χ2n) is 10.7. The minimum Gasteiger partial charge on any atom is -0.477 e. The molecule has 0 amide bonds. The zero-order valence-corrected chi connectivity index (χ0v) is 24.3. The molecule has 0 aliphatic carbocycles. The Balaban J connectivity index is 1.31. The van der Waals surface area contributed by atoms with Gasteiger partial charge in [-0.2, -0.15) is 14.5 Å². The Morgan fingerprint density at radius 2 is 1.93 bits per heavy atom. The maximum atomic E-state index is 13.2. The number of aryl methyl sites for hydroxylation is 2. The van der Waals surface area contributed by atoms with Crippen LogP contribution in [0.1, 0.15) is 47.2 Å². The van der Waals surface area contributed by atoms with Crippen LogP contribution in [0.3, 0.4) is 0 Å². The van der Waals surface area contributed by atoms with Crippen molar-refractivity contribution in [2.75, 3.05) is 18.0 Å². The molecule has 6 rings (SSSR count). The van der Waals surface area contributed by atoms with E-state index in [0.29, 0.717) is 41.1 Å². The number of fused-ring (bicyclic) bond motifs is 1. The SMILES string of the molecule is Cc1cc(N2CC(C(=O)Cc3cc(C)n(C(C)C)n3)C2)nc2c1c(=O)c(C(=O)O)cn2-c1nc(-c2ccccn2)ns1. The van der Waals surface area contributed by atoms with E-state index in [1.807, 2.05) is 28.6 Å². The van der Waals surface area contributed by atoms with Crippen LogP contribution < -0.4 is 10.3 Å². The van der Waals surface area contributed by atoms with Crippen molar-refractivity contribution in [1.29, 1.82) is 0 Å². The predicted octanol–water partition coefficient (Wildman–Crippen LogP) is 3.64. The first-order valence-corrected chi connectivity index (χ1v) is 14.3. The Morgan fingerprint density at radius 1 is 1.14 bits per heavy atom. The van der Waals surface area contributed by atoms with Crippen LogP contribution in [-0.2, 0) is 11.2 Å². The summed E-state index contributed by atoms with van der Waals surface area (Å²) in [6, 6.07) is 9.32. The number of aromatic carboxylic acids is 1. The molecule has 13 heteroatoms.